The van der Waals surface area contributed by atoms with E-state index in [4.69, 9.17) is 0 Å². The van der Waals surface area contributed by atoms with Gasteiger partial charge in [-0.05, 0) is 12.8 Å². The van der Waals surface area contributed by atoms with E-state index in [-0.39, 0.29) is 0 Å². The molecule has 0 spiro atoms. The Morgan fingerprint density at radius 2 is 0.724 bits per heavy atom. The van der Waals surface area contributed by atoms with Crippen LogP contribution in [0.2, 0.25) is 0 Å². The van der Waals surface area contributed by atoms with Crippen molar-refractivity contribution < 1.29 is 4.79 Å². The Balaban J connectivity index is 3.58. The third-order valence-electron chi connectivity index (χ3n) is 6.62. The number of rotatable bonds is 24. The van der Waals surface area contributed by atoms with Crippen molar-refractivity contribution in [1.29, 1.82) is 0 Å². The van der Waals surface area contributed by atoms with E-state index >= 15 is 0 Å². The highest BCUT2D eigenvalue weighted by Crippen LogP contribution is 2.21. The summed E-state index contributed by atoms with van der Waals surface area (Å²) in [6.07, 6.45) is 30.7. The van der Waals surface area contributed by atoms with Crippen molar-refractivity contribution >= 4 is 5.78 Å². The Morgan fingerprint density at radius 3 is 1.00 bits per heavy atom. The third-order valence-corrected chi connectivity index (χ3v) is 6.62. The number of carbonyl (C=O) groups is 1. The number of unbranched alkanes of at least 4 members (excludes halogenated alkanes) is 18. The molecule has 0 heterocycles. The van der Waals surface area contributed by atoms with Gasteiger partial charge in [0.15, 0.2) is 0 Å². The maximum Gasteiger partial charge on any atom is 0.135 e. The Morgan fingerprint density at radius 1 is 0.448 bits per heavy atom. The van der Waals surface area contributed by atoms with Crippen molar-refractivity contribution in [2.45, 2.75) is 168 Å². The van der Waals surface area contributed by atoms with Gasteiger partial charge < -0.3 is 0 Å². The lowest BCUT2D eigenvalue weighted by atomic mass is 9.89. The number of hydrogen-bond acceptors (Lipinski definition) is 1. The quantitative estimate of drug-likeness (QED) is 0.145. The van der Waals surface area contributed by atoms with Gasteiger partial charge in [-0.25, -0.2) is 0 Å². The zero-order valence-corrected chi connectivity index (χ0v) is 20.7. The second-order valence-corrected chi connectivity index (χ2v) is 9.46. The van der Waals surface area contributed by atoms with E-state index in [0.29, 0.717) is 11.7 Å². The first-order valence-electron chi connectivity index (χ1n) is 13.8. The average Bonchev–Trinajstić information content (AvgIpc) is 2.74. The molecule has 0 aliphatic rings. The fraction of sp³-hybridized carbons (Fsp3) is 0.964. The zero-order chi connectivity index (χ0) is 21.4. The van der Waals surface area contributed by atoms with E-state index in [0.717, 1.165) is 19.3 Å². The van der Waals surface area contributed by atoms with Crippen molar-refractivity contribution in [3.05, 3.63) is 0 Å². The van der Waals surface area contributed by atoms with Crippen molar-refractivity contribution in [2.75, 3.05) is 0 Å². The van der Waals surface area contributed by atoms with Crippen LogP contribution in [0.5, 0.6) is 0 Å². The molecule has 1 heteroatoms. The van der Waals surface area contributed by atoms with Crippen LogP contribution in [0.4, 0.5) is 0 Å². The van der Waals surface area contributed by atoms with Gasteiger partial charge in [0.25, 0.3) is 0 Å². The van der Waals surface area contributed by atoms with Crippen LogP contribution in [0.25, 0.3) is 0 Å². The lowest BCUT2D eigenvalue weighted by molar-refractivity contribution is -0.123. The van der Waals surface area contributed by atoms with Gasteiger partial charge in [0, 0.05) is 12.3 Å². The fourth-order valence-electron chi connectivity index (χ4n) is 4.51. The topological polar surface area (TPSA) is 17.1 Å². The molecule has 0 rings (SSSR count). The van der Waals surface area contributed by atoms with E-state index in [1.54, 1.807) is 0 Å². The van der Waals surface area contributed by atoms with Crippen LogP contribution in [0.1, 0.15) is 168 Å². The molecule has 0 aromatic heterocycles. The summed E-state index contributed by atoms with van der Waals surface area (Å²) in [4.78, 5) is 12.3. The molecule has 0 radical (unpaired) electrons. The van der Waals surface area contributed by atoms with E-state index in [1.807, 2.05) is 6.92 Å². The van der Waals surface area contributed by atoms with Crippen LogP contribution in [0.3, 0.4) is 0 Å². The molecule has 0 aliphatic carbocycles. The van der Waals surface area contributed by atoms with Gasteiger partial charge in [0.1, 0.15) is 5.78 Å². The van der Waals surface area contributed by atoms with Crippen LogP contribution in [-0.2, 0) is 4.79 Å². The summed E-state index contributed by atoms with van der Waals surface area (Å²) in [6, 6.07) is 0. The van der Waals surface area contributed by atoms with Gasteiger partial charge in [0.05, 0.1) is 0 Å². The maximum atomic E-state index is 12.3. The first-order valence-corrected chi connectivity index (χ1v) is 13.8. The second kappa shape index (κ2) is 23.9. The summed E-state index contributed by atoms with van der Waals surface area (Å²) in [5.74, 6) is 0.889. The average molecular weight is 409 g/mol. The summed E-state index contributed by atoms with van der Waals surface area (Å²) in [7, 11) is 0. The van der Waals surface area contributed by atoms with Gasteiger partial charge in [-0.1, -0.05) is 149 Å². The summed E-state index contributed by atoms with van der Waals surface area (Å²) >= 11 is 0. The number of ketones is 1. The molecule has 0 amide bonds. The minimum Gasteiger partial charge on any atom is -0.299 e. The Labute approximate surface area is 185 Å². The molecule has 0 N–H and O–H groups in total. The first-order chi connectivity index (χ1) is 14.3. The summed E-state index contributed by atoms with van der Waals surface area (Å²) in [5, 5.41) is 0. The summed E-state index contributed by atoms with van der Waals surface area (Å²) < 4.78 is 0. The van der Waals surface area contributed by atoms with Crippen molar-refractivity contribution in [3.63, 3.8) is 0 Å². The van der Waals surface area contributed by atoms with E-state index in [2.05, 4.69) is 13.8 Å². The molecule has 1 atom stereocenters. The van der Waals surface area contributed by atoms with Crippen LogP contribution in [0, 0.1) is 5.92 Å². The molecule has 0 aromatic rings. The minimum atomic E-state index is 0.364. The normalized spacial score (nSPS) is 12.4. The highest BCUT2D eigenvalue weighted by atomic mass is 16.1. The van der Waals surface area contributed by atoms with Crippen LogP contribution >= 0.6 is 0 Å². The lowest BCUT2D eigenvalue weighted by Crippen LogP contribution is -2.13. The standard InChI is InChI=1S/C28H56O/c1-4-7-9-11-13-15-16-18-20-22-24-26-27(28(29)6-3)25-23-21-19-17-14-12-10-8-5-2/h27H,4-26H2,1-3H3. The minimum absolute atomic E-state index is 0.364. The summed E-state index contributed by atoms with van der Waals surface area (Å²) in [5.41, 5.74) is 0. The Hall–Kier alpha value is -0.330. The molecule has 0 bridgehead atoms. The molecular formula is C28H56O. The van der Waals surface area contributed by atoms with Crippen molar-refractivity contribution in [3.8, 4) is 0 Å². The van der Waals surface area contributed by atoms with Gasteiger partial charge in [-0.3, -0.25) is 4.79 Å². The number of hydrogen-bond donors (Lipinski definition) is 0. The molecule has 1 unspecified atom stereocenters. The molecule has 1 nitrogen and oxygen atoms in total. The van der Waals surface area contributed by atoms with Gasteiger partial charge in [-0.2, -0.15) is 0 Å². The molecule has 0 aromatic carbocycles. The summed E-state index contributed by atoms with van der Waals surface area (Å²) in [6.45, 7) is 6.62. The van der Waals surface area contributed by atoms with Crippen molar-refractivity contribution in [2.24, 2.45) is 5.92 Å². The zero-order valence-electron chi connectivity index (χ0n) is 20.7. The molecule has 0 fully saturated rings. The van der Waals surface area contributed by atoms with Gasteiger partial charge in [-0.15, -0.1) is 0 Å². The second-order valence-electron chi connectivity index (χ2n) is 9.46. The fourth-order valence-corrected chi connectivity index (χ4v) is 4.51. The molecule has 0 aliphatic heterocycles. The maximum absolute atomic E-state index is 12.3. The first kappa shape index (κ1) is 28.7. The van der Waals surface area contributed by atoms with Gasteiger partial charge >= 0.3 is 0 Å². The SMILES string of the molecule is CCCCCCCCCCCCCC(CCCCCCCCCCC)C(=O)CC. The Kier molecular flexibility index (Phi) is 23.7. The Bertz CT molecular complexity index is 322. The van der Waals surface area contributed by atoms with Crippen LogP contribution in [-0.4, -0.2) is 5.78 Å². The monoisotopic (exact) mass is 408 g/mol. The highest BCUT2D eigenvalue weighted by molar-refractivity contribution is 5.80. The van der Waals surface area contributed by atoms with E-state index in [1.165, 1.54) is 128 Å². The number of Topliss-reactive ketones (excluding diaryl/α,β-unsaturated/α-hetero) is 1. The molecule has 0 saturated heterocycles. The van der Waals surface area contributed by atoms with Gasteiger partial charge in [0.2, 0.25) is 0 Å². The van der Waals surface area contributed by atoms with Crippen LogP contribution < -0.4 is 0 Å². The lowest BCUT2D eigenvalue weighted by Gasteiger charge is -2.15. The molecule has 0 saturated carbocycles. The predicted octanol–water partition coefficient (Wildman–Crippen LogP) is 10.2. The molecule has 29 heavy (non-hydrogen) atoms. The van der Waals surface area contributed by atoms with Crippen molar-refractivity contribution in [1.82, 2.24) is 0 Å². The third kappa shape index (κ3) is 20.7. The highest BCUT2D eigenvalue weighted by Gasteiger charge is 2.15. The predicted molar refractivity (Wildman–Crippen MR) is 132 cm³/mol. The largest absolute Gasteiger partial charge is 0.299 e. The molecular weight excluding hydrogens is 352 g/mol. The molecule has 174 valence electrons. The van der Waals surface area contributed by atoms with E-state index in [9.17, 15) is 4.79 Å². The smallest absolute Gasteiger partial charge is 0.135 e. The number of carbonyl (C=O) groups excluding carboxylic acids is 1. The van der Waals surface area contributed by atoms with E-state index < -0.39 is 0 Å². The van der Waals surface area contributed by atoms with Crippen LogP contribution in [0.15, 0.2) is 0 Å².